The van der Waals surface area contributed by atoms with Crippen molar-refractivity contribution in [3.8, 4) is 0 Å². The molecule has 28 heavy (non-hydrogen) atoms. The molecule has 0 spiro atoms. The van der Waals surface area contributed by atoms with E-state index in [0.717, 1.165) is 5.56 Å². The Kier molecular flexibility index (Phi) is 6.46. The van der Waals surface area contributed by atoms with E-state index in [1.807, 2.05) is 44.2 Å². The fraction of sp³-hybridized carbons (Fsp3) is 0.500. The van der Waals surface area contributed by atoms with Crippen LogP contribution >= 0.6 is 0 Å². The Hall–Kier alpha value is -2.26. The molecule has 152 valence electrons. The maximum atomic E-state index is 12.4. The van der Waals surface area contributed by atoms with Gasteiger partial charge in [-0.25, -0.2) is 4.79 Å². The van der Waals surface area contributed by atoms with Gasteiger partial charge in [0.2, 0.25) is 0 Å². The van der Waals surface area contributed by atoms with Gasteiger partial charge >= 0.3 is 5.69 Å². The standard InChI is InChI=1S/C20H27N3O5/c1-12(2)11-27-18(13-6-4-3-5-7-13)14-9-23(20(26)22-19(14)21)17-8-15(25)16(10-24)28-17/h3-7,9,12,15-18,24-25H,8,10-11H2,1-2H3,(H2,21,22,26)/t15-,16+,17+,18?/m0/s1. The predicted octanol–water partition coefficient (Wildman–Crippen LogP) is 1.23. The lowest BCUT2D eigenvalue weighted by atomic mass is 10.0. The number of benzene rings is 1. The van der Waals surface area contributed by atoms with Crippen LogP contribution < -0.4 is 11.4 Å². The van der Waals surface area contributed by atoms with E-state index in [1.165, 1.54) is 4.57 Å². The van der Waals surface area contributed by atoms with Crippen LogP contribution in [0, 0.1) is 5.92 Å². The van der Waals surface area contributed by atoms with Crippen LogP contribution in [0.25, 0.3) is 0 Å². The number of aromatic nitrogens is 2. The monoisotopic (exact) mass is 389 g/mol. The molecule has 0 amide bonds. The molecule has 1 aromatic heterocycles. The smallest absolute Gasteiger partial charge is 0.351 e. The van der Waals surface area contributed by atoms with Gasteiger partial charge in [0.1, 0.15) is 24.3 Å². The molecule has 1 aromatic carbocycles. The number of ether oxygens (including phenoxy) is 2. The molecule has 4 N–H and O–H groups in total. The van der Waals surface area contributed by atoms with Crippen molar-refractivity contribution in [3.05, 3.63) is 58.1 Å². The Labute approximate surface area is 163 Å². The molecule has 1 saturated heterocycles. The van der Waals surface area contributed by atoms with E-state index in [9.17, 15) is 15.0 Å². The molecule has 3 rings (SSSR count). The molecule has 2 heterocycles. The molecule has 0 bridgehead atoms. The van der Waals surface area contributed by atoms with Gasteiger partial charge in [0.25, 0.3) is 0 Å². The van der Waals surface area contributed by atoms with Gasteiger partial charge in [-0.3, -0.25) is 4.57 Å². The maximum absolute atomic E-state index is 12.4. The Morgan fingerprint density at radius 2 is 2.07 bits per heavy atom. The normalized spacial score (nSPS) is 23.2. The summed E-state index contributed by atoms with van der Waals surface area (Å²) in [5.41, 5.74) is 6.95. The summed E-state index contributed by atoms with van der Waals surface area (Å²) < 4.78 is 13.0. The number of nitrogens with zero attached hydrogens (tertiary/aromatic N) is 2. The number of nitrogen functional groups attached to an aromatic ring is 1. The van der Waals surface area contributed by atoms with Crippen molar-refractivity contribution in [2.45, 2.75) is 44.8 Å². The third kappa shape index (κ3) is 4.41. The summed E-state index contributed by atoms with van der Waals surface area (Å²) >= 11 is 0. The number of rotatable bonds is 7. The zero-order chi connectivity index (χ0) is 20.3. The molecule has 8 nitrogen and oxygen atoms in total. The van der Waals surface area contributed by atoms with Gasteiger partial charge < -0.3 is 25.4 Å². The first kappa shape index (κ1) is 20.5. The van der Waals surface area contributed by atoms with E-state index in [2.05, 4.69) is 4.98 Å². The third-order valence-electron chi connectivity index (χ3n) is 4.69. The van der Waals surface area contributed by atoms with Gasteiger partial charge in [-0.1, -0.05) is 44.2 Å². The second-order valence-corrected chi connectivity index (χ2v) is 7.40. The Bertz CT molecular complexity index is 839. The number of hydrogen-bond donors (Lipinski definition) is 3. The zero-order valence-corrected chi connectivity index (χ0v) is 16.1. The summed E-state index contributed by atoms with van der Waals surface area (Å²) in [5, 5.41) is 19.3. The minimum absolute atomic E-state index is 0.0936. The molecule has 1 aliphatic heterocycles. The molecule has 8 heteroatoms. The highest BCUT2D eigenvalue weighted by Gasteiger charge is 2.35. The summed E-state index contributed by atoms with van der Waals surface area (Å²) in [6, 6.07) is 9.58. The van der Waals surface area contributed by atoms with Gasteiger partial charge in [-0.2, -0.15) is 4.98 Å². The quantitative estimate of drug-likeness (QED) is 0.651. The Balaban J connectivity index is 2.00. The molecule has 0 saturated carbocycles. The van der Waals surface area contributed by atoms with Crippen molar-refractivity contribution in [1.29, 1.82) is 0 Å². The summed E-state index contributed by atoms with van der Waals surface area (Å²) in [4.78, 5) is 16.4. The Morgan fingerprint density at radius 1 is 1.36 bits per heavy atom. The lowest BCUT2D eigenvalue weighted by Gasteiger charge is -2.23. The fourth-order valence-corrected chi connectivity index (χ4v) is 3.24. The predicted molar refractivity (Wildman–Crippen MR) is 104 cm³/mol. The van der Waals surface area contributed by atoms with Gasteiger partial charge in [0.15, 0.2) is 0 Å². The van der Waals surface area contributed by atoms with E-state index in [0.29, 0.717) is 18.1 Å². The van der Waals surface area contributed by atoms with Crippen LogP contribution in [0.1, 0.15) is 43.7 Å². The maximum Gasteiger partial charge on any atom is 0.351 e. The zero-order valence-electron chi connectivity index (χ0n) is 16.1. The van der Waals surface area contributed by atoms with Crippen molar-refractivity contribution in [2.75, 3.05) is 18.9 Å². The van der Waals surface area contributed by atoms with E-state index in [4.69, 9.17) is 15.2 Å². The fourth-order valence-electron chi connectivity index (χ4n) is 3.24. The van der Waals surface area contributed by atoms with E-state index in [1.54, 1.807) is 6.20 Å². The number of aliphatic hydroxyl groups excluding tert-OH is 2. The first-order chi connectivity index (χ1) is 13.4. The highest BCUT2D eigenvalue weighted by Crippen LogP contribution is 2.32. The molecular formula is C20H27N3O5. The van der Waals surface area contributed by atoms with Crippen LogP contribution in [0.4, 0.5) is 5.82 Å². The number of hydrogen-bond acceptors (Lipinski definition) is 7. The van der Waals surface area contributed by atoms with Crippen LogP contribution in [0.5, 0.6) is 0 Å². The van der Waals surface area contributed by atoms with Crippen LogP contribution in [0.15, 0.2) is 41.3 Å². The van der Waals surface area contributed by atoms with Crippen molar-refractivity contribution in [1.82, 2.24) is 9.55 Å². The van der Waals surface area contributed by atoms with Crippen LogP contribution in [-0.2, 0) is 9.47 Å². The number of aliphatic hydroxyl groups is 2. The lowest BCUT2D eigenvalue weighted by molar-refractivity contribution is -0.0461. The molecule has 4 atom stereocenters. The average molecular weight is 389 g/mol. The molecule has 1 aliphatic rings. The van der Waals surface area contributed by atoms with Crippen LogP contribution in [0.3, 0.4) is 0 Å². The second-order valence-electron chi connectivity index (χ2n) is 7.40. The van der Waals surface area contributed by atoms with E-state index in [-0.39, 0.29) is 18.8 Å². The number of nitrogens with two attached hydrogens (primary N) is 1. The van der Waals surface area contributed by atoms with Crippen LogP contribution in [-0.4, -0.2) is 45.2 Å². The third-order valence-corrected chi connectivity index (χ3v) is 4.69. The molecule has 0 aliphatic carbocycles. The minimum Gasteiger partial charge on any atom is -0.394 e. The van der Waals surface area contributed by atoms with Gasteiger partial charge in [-0.15, -0.1) is 0 Å². The van der Waals surface area contributed by atoms with Crippen molar-refractivity contribution >= 4 is 5.82 Å². The summed E-state index contributed by atoms with van der Waals surface area (Å²) in [6.07, 6.45) is -1.06. The van der Waals surface area contributed by atoms with Crippen LogP contribution in [0.2, 0.25) is 0 Å². The highest BCUT2D eigenvalue weighted by molar-refractivity contribution is 5.43. The SMILES string of the molecule is CC(C)COC(c1ccccc1)c1cn([C@H]2C[C@H](O)[C@@H](CO)O2)c(=O)nc1N. The lowest BCUT2D eigenvalue weighted by Crippen LogP contribution is -2.30. The summed E-state index contributed by atoms with van der Waals surface area (Å²) in [7, 11) is 0. The van der Waals surface area contributed by atoms with Crippen molar-refractivity contribution in [3.63, 3.8) is 0 Å². The molecule has 1 unspecified atom stereocenters. The summed E-state index contributed by atoms with van der Waals surface area (Å²) in [6.45, 7) is 4.27. The first-order valence-electron chi connectivity index (χ1n) is 9.40. The second kappa shape index (κ2) is 8.83. The van der Waals surface area contributed by atoms with E-state index < -0.39 is 30.2 Å². The molecule has 1 fully saturated rings. The van der Waals surface area contributed by atoms with Crippen molar-refractivity contribution < 1.29 is 19.7 Å². The van der Waals surface area contributed by atoms with Gasteiger partial charge in [-0.05, 0) is 11.5 Å². The average Bonchev–Trinajstić information content (AvgIpc) is 3.04. The Morgan fingerprint density at radius 3 is 2.68 bits per heavy atom. The topological polar surface area (TPSA) is 120 Å². The minimum atomic E-state index is -0.856. The van der Waals surface area contributed by atoms with Gasteiger partial charge in [0, 0.05) is 18.2 Å². The molecule has 2 aromatic rings. The largest absolute Gasteiger partial charge is 0.394 e. The molecular weight excluding hydrogens is 362 g/mol. The van der Waals surface area contributed by atoms with Gasteiger partial charge in [0.05, 0.1) is 19.3 Å². The molecule has 0 radical (unpaired) electrons. The highest BCUT2D eigenvalue weighted by atomic mass is 16.5. The van der Waals surface area contributed by atoms with E-state index >= 15 is 0 Å². The first-order valence-corrected chi connectivity index (χ1v) is 9.40. The summed E-state index contributed by atoms with van der Waals surface area (Å²) in [5.74, 6) is 0.404. The number of anilines is 1. The van der Waals surface area contributed by atoms with Crippen molar-refractivity contribution in [2.24, 2.45) is 5.92 Å².